The lowest BCUT2D eigenvalue weighted by Crippen LogP contribution is -2.09. The molecule has 0 saturated carbocycles. The van der Waals surface area contributed by atoms with E-state index in [4.69, 9.17) is 0 Å². The molecule has 0 aliphatic heterocycles. The van der Waals surface area contributed by atoms with E-state index in [2.05, 4.69) is 13.8 Å². The molecule has 0 aromatic heterocycles. The largest absolute Gasteiger partial charge is 0.294 e. The summed E-state index contributed by atoms with van der Waals surface area (Å²) in [6, 6.07) is 10.3. The lowest BCUT2D eigenvalue weighted by molar-refractivity contribution is 0.0958. The second-order valence-electron chi connectivity index (χ2n) is 5.68. The van der Waals surface area contributed by atoms with Crippen molar-refractivity contribution < 1.29 is 9.18 Å². The minimum absolute atomic E-state index is 0.133. The van der Waals surface area contributed by atoms with E-state index in [0.29, 0.717) is 23.3 Å². The van der Waals surface area contributed by atoms with Gasteiger partial charge in [-0.1, -0.05) is 63.8 Å². The smallest absolute Gasteiger partial charge is 0.163 e. The summed E-state index contributed by atoms with van der Waals surface area (Å²) >= 11 is 0. The molecular weight excluding hydrogens is 263 g/mol. The third-order valence-corrected chi connectivity index (χ3v) is 4.19. The van der Waals surface area contributed by atoms with Crippen LogP contribution in [0, 0.1) is 11.7 Å². The van der Waals surface area contributed by atoms with Crippen molar-refractivity contribution in [2.45, 2.75) is 46.0 Å². The van der Waals surface area contributed by atoms with E-state index in [0.717, 1.165) is 31.1 Å². The Kier molecular flexibility index (Phi) is 5.49. The standard InChI is InChI=1S/C19H23FO/c1-3-5-8-14(4-2)13-19(21)17-11-12-18(20)16-10-7-6-9-15(16)17/h6-7,9-12,14H,3-5,8,13H2,1-2H3. The fourth-order valence-electron chi connectivity index (χ4n) is 2.82. The van der Waals surface area contributed by atoms with Gasteiger partial charge in [-0.2, -0.15) is 0 Å². The maximum atomic E-state index is 13.8. The van der Waals surface area contributed by atoms with Crippen molar-refractivity contribution in [1.82, 2.24) is 0 Å². The molecule has 0 N–H and O–H groups in total. The first-order chi connectivity index (χ1) is 10.2. The van der Waals surface area contributed by atoms with Crippen molar-refractivity contribution in [3.05, 3.63) is 47.8 Å². The molecule has 0 fully saturated rings. The molecule has 0 spiro atoms. The monoisotopic (exact) mass is 286 g/mol. The molecular formula is C19H23FO. The molecule has 2 aromatic carbocycles. The molecule has 1 atom stereocenters. The number of unbranched alkanes of at least 4 members (excludes halogenated alkanes) is 1. The van der Waals surface area contributed by atoms with Gasteiger partial charge >= 0.3 is 0 Å². The number of Topliss-reactive ketones (excluding diaryl/α,β-unsaturated/α-hetero) is 1. The molecule has 1 nitrogen and oxygen atoms in total. The van der Waals surface area contributed by atoms with Crippen molar-refractivity contribution >= 4 is 16.6 Å². The minimum atomic E-state index is -0.264. The lowest BCUT2D eigenvalue weighted by Gasteiger charge is -2.14. The van der Waals surface area contributed by atoms with Crippen LogP contribution < -0.4 is 0 Å². The van der Waals surface area contributed by atoms with Gasteiger partial charge in [0, 0.05) is 17.4 Å². The second kappa shape index (κ2) is 7.35. The van der Waals surface area contributed by atoms with Crippen LogP contribution in [0.5, 0.6) is 0 Å². The van der Waals surface area contributed by atoms with Gasteiger partial charge in [-0.25, -0.2) is 4.39 Å². The van der Waals surface area contributed by atoms with Crippen LogP contribution in [0.3, 0.4) is 0 Å². The SMILES string of the molecule is CCCCC(CC)CC(=O)c1ccc(F)c2ccccc12. The Hall–Kier alpha value is -1.70. The van der Waals surface area contributed by atoms with E-state index < -0.39 is 0 Å². The summed E-state index contributed by atoms with van der Waals surface area (Å²) < 4.78 is 13.8. The summed E-state index contributed by atoms with van der Waals surface area (Å²) in [5.74, 6) is 0.301. The lowest BCUT2D eigenvalue weighted by atomic mass is 9.90. The quantitative estimate of drug-likeness (QED) is 0.591. The van der Waals surface area contributed by atoms with Gasteiger partial charge in [0.1, 0.15) is 5.82 Å². The average Bonchev–Trinajstić information content (AvgIpc) is 2.51. The molecule has 0 radical (unpaired) electrons. The van der Waals surface area contributed by atoms with Crippen LogP contribution in [0.15, 0.2) is 36.4 Å². The number of fused-ring (bicyclic) bond motifs is 1. The van der Waals surface area contributed by atoms with Crippen molar-refractivity contribution in [3.63, 3.8) is 0 Å². The molecule has 21 heavy (non-hydrogen) atoms. The van der Waals surface area contributed by atoms with Crippen LogP contribution >= 0.6 is 0 Å². The third-order valence-electron chi connectivity index (χ3n) is 4.19. The maximum absolute atomic E-state index is 13.8. The summed E-state index contributed by atoms with van der Waals surface area (Å²) in [6.07, 6.45) is 5.00. The average molecular weight is 286 g/mol. The molecule has 1 unspecified atom stereocenters. The van der Waals surface area contributed by atoms with Crippen molar-refractivity contribution in [3.8, 4) is 0 Å². The highest BCUT2D eigenvalue weighted by Crippen LogP contribution is 2.25. The number of ketones is 1. The highest BCUT2D eigenvalue weighted by molar-refractivity contribution is 6.08. The molecule has 0 saturated heterocycles. The van der Waals surface area contributed by atoms with E-state index in [1.165, 1.54) is 6.07 Å². The van der Waals surface area contributed by atoms with Gasteiger partial charge in [-0.05, 0) is 23.4 Å². The number of benzene rings is 2. The van der Waals surface area contributed by atoms with E-state index in [-0.39, 0.29) is 11.6 Å². The Balaban J connectivity index is 2.25. The first kappa shape index (κ1) is 15.7. The topological polar surface area (TPSA) is 17.1 Å². The van der Waals surface area contributed by atoms with Crippen molar-refractivity contribution in [1.29, 1.82) is 0 Å². The van der Waals surface area contributed by atoms with Crippen LogP contribution in [-0.4, -0.2) is 5.78 Å². The zero-order valence-electron chi connectivity index (χ0n) is 12.9. The Morgan fingerprint density at radius 1 is 1.10 bits per heavy atom. The fourth-order valence-corrected chi connectivity index (χ4v) is 2.82. The number of carbonyl (C=O) groups excluding carboxylic acids is 1. The molecule has 0 heterocycles. The highest BCUT2D eigenvalue weighted by Gasteiger charge is 2.16. The molecule has 2 heteroatoms. The van der Waals surface area contributed by atoms with E-state index in [9.17, 15) is 9.18 Å². The van der Waals surface area contributed by atoms with Crippen LogP contribution in [0.25, 0.3) is 10.8 Å². The van der Waals surface area contributed by atoms with E-state index in [1.54, 1.807) is 18.2 Å². The molecule has 0 aliphatic carbocycles. The van der Waals surface area contributed by atoms with Crippen LogP contribution in [0.1, 0.15) is 56.3 Å². The maximum Gasteiger partial charge on any atom is 0.163 e. The fraction of sp³-hybridized carbons (Fsp3) is 0.421. The Bertz CT molecular complexity index is 618. The Morgan fingerprint density at radius 3 is 2.48 bits per heavy atom. The predicted octanol–water partition coefficient (Wildman–Crippen LogP) is 5.77. The highest BCUT2D eigenvalue weighted by atomic mass is 19.1. The zero-order chi connectivity index (χ0) is 15.2. The van der Waals surface area contributed by atoms with Gasteiger partial charge in [0.25, 0.3) is 0 Å². The van der Waals surface area contributed by atoms with E-state index in [1.807, 2.05) is 12.1 Å². The summed E-state index contributed by atoms with van der Waals surface area (Å²) in [6.45, 7) is 4.30. The van der Waals surface area contributed by atoms with E-state index >= 15 is 0 Å². The van der Waals surface area contributed by atoms with Gasteiger partial charge in [0.2, 0.25) is 0 Å². The predicted molar refractivity (Wildman–Crippen MR) is 86.2 cm³/mol. The van der Waals surface area contributed by atoms with Crippen LogP contribution in [0.4, 0.5) is 4.39 Å². The van der Waals surface area contributed by atoms with Crippen LogP contribution in [-0.2, 0) is 0 Å². The summed E-state index contributed by atoms with van der Waals surface area (Å²) in [4.78, 5) is 12.6. The molecule has 112 valence electrons. The zero-order valence-corrected chi connectivity index (χ0v) is 12.9. The number of halogens is 1. The van der Waals surface area contributed by atoms with Gasteiger partial charge in [-0.15, -0.1) is 0 Å². The Morgan fingerprint density at radius 2 is 1.81 bits per heavy atom. The number of carbonyl (C=O) groups is 1. The summed E-state index contributed by atoms with van der Waals surface area (Å²) in [5.41, 5.74) is 0.655. The molecule has 0 bridgehead atoms. The number of hydrogen-bond donors (Lipinski definition) is 0. The molecule has 0 aliphatic rings. The molecule has 0 amide bonds. The molecule has 2 aromatic rings. The third kappa shape index (κ3) is 3.69. The Labute approximate surface area is 126 Å². The van der Waals surface area contributed by atoms with Gasteiger partial charge in [-0.3, -0.25) is 4.79 Å². The normalized spacial score (nSPS) is 12.5. The second-order valence-corrected chi connectivity index (χ2v) is 5.68. The van der Waals surface area contributed by atoms with Gasteiger partial charge in [0.15, 0.2) is 5.78 Å². The number of rotatable bonds is 7. The van der Waals surface area contributed by atoms with Gasteiger partial charge in [0.05, 0.1) is 0 Å². The van der Waals surface area contributed by atoms with Gasteiger partial charge < -0.3 is 0 Å². The first-order valence-electron chi connectivity index (χ1n) is 7.87. The first-order valence-corrected chi connectivity index (χ1v) is 7.87. The summed E-state index contributed by atoms with van der Waals surface area (Å²) in [7, 11) is 0. The minimum Gasteiger partial charge on any atom is -0.294 e. The van der Waals surface area contributed by atoms with Crippen molar-refractivity contribution in [2.24, 2.45) is 5.92 Å². The van der Waals surface area contributed by atoms with Crippen LogP contribution in [0.2, 0.25) is 0 Å². The van der Waals surface area contributed by atoms with Crippen molar-refractivity contribution in [2.75, 3.05) is 0 Å². The number of hydrogen-bond acceptors (Lipinski definition) is 1. The molecule has 2 rings (SSSR count). The summed E-state index contributed by atoms with van der Waals surface area (Å²) in [5, 5.41) is 1.26.